The summed E-state index contributed by atoms with van der Waals surface area (Å²) >= 11 is 0. The number of carbonyl (C=O) groups excluding carboxylic acids is 4. The molecule has 1 saturated heterocycles. The van der Waals surface area contributed by atoms with Gasteiger partial charge in [-0.1, -0.05) is 67.4 Å². The minimum absolute atomic E-state index is 0.0617. The monoisotopic (exact) mass is 779 g/mol. The van der Waals surface area contributed by atoms with Gasteiger partial charge >= 0.3 is 12.1 Å². The van der Waals surface area contributed by atoms with Crippen LogP contribution in [0.4, 0.5) is 16.3 Å². The van der Waals surface area contributed by atoms with Crippen molar-refractivity contribution in [3.63, 3.8) is 0 Å². The summed E-state index contributed by atoms with van der Waals surface area (Å²) in [5.74, 6) is -0.788. The number of morpholine rings is 1. The molecule has 302 valence electrons. The van der Waals surface area contributed by atoms with Gasteiger partial charge in [0.2, 0.25) is 5.91 Å². The van der Waals surface area contributed by atoms with Crippen LogP contribution >= 0.6 is 0 Å². The van der Waals surface area contributed by atoms with E-state index < -0.39 is 17.7 Å². The van der Waals surface area contributed by atoms with Crippen LogP contribution in [0, 0.1) is 0 Å². The molecule has 1 aliphatic rings. The summed E-state index contributed by atoms with van der Waals surface area (Å²) in [6.45, 7) is 8.55. The van der Waals surface area contributed by atoms with Crippen molar-refractivity contribution in [1.82, 2.24) is 25.6 Å². The zero-order chi connectivity index (χ0) is 40.6. The molecule has 1 fully saturated rings. The first-order chi connectivity index (χ1) is 27.4. The van der Waals surface area contributed by atoms with Crippen LogP contribution in [0.1, 0.15) is 80.1 Å². The van der Waals surface area contributed by atoms with Gasteiger partial charge < -0.3 is 35.5 Å². The van der Waals surface area contributed by atoms with E-state index in [9.17, 15) is 19.2 Å². The van der Waals surface area contributed by atoms with Gasteiger partial charge in [0.05, 0.1) is 25.1 Å². The highest BCUT2D eigenvalue weighted by Gasteiger charge is 2.24. The third kappa shape index (κ3) is 13.7. The van der Waals surface area contributed by atoms with Gasteiger partial charge in [0.15, 0.2) is 11.6 Å². The van der Waals surface area contributed by atoms with Crippen molar-refractivity contribution >= 4 is 35.3 Å². The number of carbonyl (C=O) groups is 4. The predicted molar refractivity (Wildman–Crippen MR) is 216 cm³/mol. The third-order valence-corrected chi connectivity index (χ3v) is 9.23. The zero-order valence-corrected chi connectivity index (χ0v) is 33.0. The number of nitrogens with zero attached hydrogens (tertiary/aromatic N) is 4. The Kier molecular flexibility index (Phi) is 15.5. The molecule has 57 heavy (non-hydrogen) atoms. The molecule has 2 amide bonds. The largest absolute Gasteiger partial charge is 0.461 e. The fraction of sp³-hybridized carbons (Fsp3) is 0.419. The van der Waals surface area contributed by atoms with E-state index in [1.54, 1.807) is 39.4 Å². The maximum absolute atomic E-state index is 13.5. The van der Waals surface area contributed by atoms with Crippen LogP contribution in [-0.4, -0.2) is 83.2 Å². The molecule has 0 bridgehead atoms. The third-order valence-electron chi connectivity index (χ3n) is 9.23. The Morgan fingerprint density at radius 2 is 1.68 bits per heavy atom. The zero-order valence-electron chi connectivity index (χ0n) is 33.0. The number of amides is 2. The Balaban J connectivity index is 1.11. The first-order valence-electron chi connectivity index (χ1n) is 19.4. The molecule has 14 nitrogen and oxygen atoms in total. The molecule has 0 aliphatic carbocycles. The van der Waals surface area contributed by atoms with Crippen LogP contribution in [0.5, 0.6) is 0 Å². The maximum Gasteiger partial charge on any atom is 0.408 e. The topological polar surface area (TPSA) is 188 Å². The SMILES string of the molecule is CC(C)(C)OC(=O)N[C@@H](CCCCCC(=O)OCc1ccccc1)C(=O)NCCc1ccc(-c2cnc(N)c(C(=O)Cc3cnccc3N3CCOCC3)n2)cc1. The number of ether oxygens (including phenoxy) is 3. The number of aromatic nitrogens is 3. The second kappa shape index (κ2) is 20.9. The van der Waals surface area contributed by atoms with Gasteiger partial charge in [0, 0.05) is 61.7 Å². The highest BCUT2D eigenvalue weighted by atomic mass is 16.6. The lowest BCUT2D eigenvalue weighted by molar-refractivity contribution is -0.145. The van der Waals surface area contributed by atoms with Crippen LogP contribution in [0.2, 0.25) is 0 Å². The number of benzene rings is 2. The Morgan fingerprint density at radius 3 is 2.42 bits per heavy atom. The Hall–Kier alpha value is -5.89. The van der Waals surface area contributed by atoms with E-state index >= 15 is 0 Å². The molecule has 2 aromatic carbocycles. The summed E-state index contributed by atoms with van der Waals surface area (Å²) in [5.41, 5.74) is 10.4. The molecule has 4 aromatic rings. The highest BCUT2D eigenvalue weighted by Crippen LogP contribution is 2.24. The van der Waals surface area contributed by atoms with Gasteiger partial charge in [-0.05, 0) is 57.2 Å². The van der Waals surface area contributed by atoms with E-state index in [0.717, 1.165) is 41.0 Å². The molecule has 3 heterocycles. The molecule has 2 aromatic heterocycles. The van der Waals surface area contributed by atoms with E-state index in [1.165, 1.54) is 0 Å². The maximum atomic E-state index is 13.5. The molecule has 0 radical (unpaired) electrons. The number of esters is 1. The molecule has 0 saturated carbocycles. The van der Waals surface area contributed by atoms with Crippen molar-refractivity contribution in [2.45, 2.75) is 84.0 Å². The number of alkyl carbamates (subject to hydrolysis) is 1. The molecular formula is C43H53N7O7. The van der Waals surface area contributed by atoms with E-state index in [2.05, 4.69) is 30.5 Å². The average molecular weight is 780 g/mol. The van der Waals surface area contributed by atoms with Crippen LogP contribution in [0.25, 0.3) is 11.3 Å². The van der Waals surface area contributed by atoms with Crippen LogP contribution in [-0.2, 0) is 43.2 Å². The van der Waals surface area contributed by atoms with Gasteiger partial charge in [-0.25, -0.2) is 14.8 Å². The predicted octanol–water partition coefficient (Wildman–Crippen LogP) is 5.63. The first kappa shape index (κ1) is 42.3. The summed E-state index contributed by atoms with van der Waals surface area (Å²) in [7, 11) is 0. The number of nitrogens with two attached hydrogens (primary N) is 1. The molecule has 5 rings (SSSR count). The fourth-order valence-corrected chi connectivity index (χ4v) is 6.29. The molecule has 14 heteroatoms. The van der Waals surface area contributed by atoms with Gasteiger partial charge in [-0.3, -0.25) is 19.4 Å². The molecule has 0 spiro atoms. The van der Waals surface area contributed by atoms with E-state index in [0.29, 0.717) is 57.6 Å². The summed E-state index contributed by atoms with van der Waals surface area (Å²) in [6, 6.07) is 18.2. The van der Waals surface area contributed by atoms with Crippen molar-refractivity contribution in [2.75, 3.05) is 43.5 Å². The summed E-state index contributed by atoms with van der Waals surface area (Å²) in [5, 5.41) is 5.65. The van der Waals surface area contributed by atoms with E-state index in [-0.39, 0.29) is 48.6 Å². The number of anilines is 2. The second-order valence-corrected chi connectivity index (χ2v) is 14.9. The molecule has 0 unspecified atom stereocenters. The molecule has 1 atom stereocenters. The normalized spacial score (nSPS) is 13.4. The Morgan fingerprint density at radius 1 is 0.930 bits per heavy atom. The lowest BCUT2D eigenvalue weighted by atomic mass is 10.0. The van der Waals surface area contributed by atoms with Crippen molar-refractivity contribution in [3.8, 4) is 11.3 Å². The van der Waals surface area contributed by atoms with Crippen LogP contribution < -0.4 is 21.3 Å². The van der Waals surface area contributed by atoms with Crippen LogP contribution in [0.15, 0.2) is 79.3 Å². The lowest BCUT2D eigenvalue weighted by Gasteiger charge is -2.30. The summed E-state index contributed by atoms with van der Waals surface area (Å²) in [6.07, 6.45) is 7.44. The molecule has 4 N–H and O–H groups in total. The van der Waals surface area contributed by atoms with Gasteiger partial charge in [-0.15, -0.1) is 0 Å². The van der Waals surface area contributed by atoms with Gasteiger partial charge in [-0.2, -0.15) is 0 Å². The number of nitrogen functional groups attached to an aromatic ring is 1. The summed E-state index contributed by atoms with van der Waals surface area (Å²) in [4.78, 5) is 66.9. The number of ketones is 1. The highest BCUT2D eigenvalue weighted by molar-refractivity contribution is 6.00. The van der Waals surface area contributed by atoms with E-state index in [1.807, 2.05) is 60.7 Å². The number of hydrogen-bond acceptors (Lipinski definition) is 12. The second-order valence-electron chi connectivity index (χ2n) is 14.9. The van der Waals surface area contributed by atoms with Crippen molar-refractivity contribution in [1.29, 1.82) is 0 Å². The lowest BCUT2D eigenvalue weighted by Crippen LogP contribution is -2.48. The molecular weight excluding hydrogens is 727 g/mol. The standard InChI is InChI=1S/C43H53N7O7/c1-43(2,3)57-42(54)49-34(12-8-5-9-13-38(52)56-29-31-10-6-4-7-11-31)41(53)46-21-18-30-14-16-32(17-15-30)35-28-47-40(44)39(48-35)37(51)26-33-27-45-20-19-36(33)50-22-24-55-25-23-50/h4,6-7,10-11,14-17,19-20,27-28,34H,5,8-9,12-13,18,21-26,29H2,1-3H3,(H2,44,47)(H,46,53)(H,49,54)/t34-/m0/s1. The fourth-order valence-electron chi connectivity index (χ4n) is 6.29. The number of pyridine rings is 1. The number of Topliss-reactive ketones (excluding diaryl/α,β-unsaturated/α-hetero) is 1. The minimum Gasteiger partial charge on any atom is -0.461 e. The number of unbranched alkanes of at least 4 members (excludes halogenated alkanes) is 2. The first-order valence-corrected chi connectivity index (χ1v) is 19.4. The Labute approximate surface area is 333 Å². The molecule has 1 aliphatic heterocycles. The van der Waals surface area contributed by atoms with Crippen molar-refractivity contribution < 1.29 is 33.4 Å². The van der Waals surface area contributed by atoms with Crippen molar-refractivity contribution in [3.05, 3.63) is 102 Å². The Bertz CT molecular complexity index is 1950. The van der Waals surface area contributed by atoms with Gasteiger partial charge in [0.1, 0.15) is 23.9 Å². The number of hydrogen-bond donors (Lipinski definition) is 3. The minimum atomic E-state index is -0.808. The quantitative estimate of drug-likeness (QED) is 0.0643. The average Bonchev–Trinajstić information content (AvgIpc) is 3.20. The smallest absolute Gasteiger partial charge is 0.408 e. The number of nitrogens with one attached hydrogen (secondary N) is 2. The van der Waals surface area contributed by atoms with Gasteiger partial charge in [0.25, 0.3) is 0 Å². The number of rotatable bonds is 18. The van der Waals surface area contributed by atoms with E-state index in [4.69, 9.17) is 19.9 Å². The van der Waals surface area contributed by atoms with Crippen LogP contribution in [0.3, 0.4) is 0 Å². The summed E-state index contributed by atoms with van der Waals surface area (Å²) < 4.78 is 16.2. The van der Waals surface area contributed by atoms with Crippen molar-refractivity contribution in [2.24, 2.45) is 0 Å².